The number of H-pyrrole nitrogens is 1. The van der Waals surface area contributed by atoms with E-state index in [1.165, 1.54) is 0 Å². The molecule has 2 aromatic carbocycles. The Morgan fingerprint density at radius 2 is 1.77 bits per heavy atom. The number of nitrogens with one attached hydrogen (secondary N) is 1. The minimum atomic E-state index is -0.578. The molecule has 3 heterocycles. The summed E-state index contributed by atoms with van der Waals surface area (Å²) in [5, 5.41) is 1.03. The number of hydrogen-bond acceptors (Lipinski definition) is 3. The molecule has 0 atom stereocenters. The number of benzene rings is 2. The lowest BCUT2D eigenvalue weighted by molar-refractivity contribution is -0.0390. The second-order valence-corrected chi connectivity index (χ2v) is 6.99. The Morgan fingerprint density at radius 3 is 2.58 bits per heavy atom. The van der Waals surface area contributed by atoms with Gasteiger partial charge in [-0.2, -0.15) is 0 Å². The molecule has 5 heteroatoms. The lowest BCUT2D eigenvalue weighted by Gasteiger charge is -2.38. The Labute approximate surface area is 150 Å². The maximum Gasteiger partial charge on any atom is 0.339 e. The van der Waals surface area contributed by atoms with Crippen molar-refractivity contribution in [2.75, 3.05) is 13.1 Å². The summed E-state index contributed by atoms with van der Waals surface area (Å²) in [6.07, 6.45) is 1.25. The minimum absolute atomic E-state index is 0.00587. The van der Waals surface area contributed by atoms with Gasteiger partial charge in [0.05, 0.1) is 5.56 Å². The lowest BCUT2D eigenvalue weighted by Crippen LogP contribution is -2.45. The number of carbonyl (C=O) groups excluding carboxylic acids is 2. The Morgan fingerprint density at radius 1 is 1.04 bits per heavy atom. The number of rotatable bonds is 1. The van der Waals surface area contributed by atoms with Crippen molar-refractivity contribution in [1.29, 1.82) is 0 Å². The van der Waals surface area contributed by atoms with Crippen molar-refractivity contribution < 1.29 is 14.3 Å². The molecule has 0 unspecified atom stereocenters. The van der Waals surface area contributed by atoms with Crippen LogP contribution in [0.4, 0.5) is 0 Å². The van der Waals surface area contributed by atoms with E-state index in [2.05, 4.69) is 4.98 Å². The molecule has 1 saturated heterocycles. The Hall–Kier alpha value is -3.08. The van der Waals surface area contributed by atoms with Crippen LogP contribution in [0, 0.1) is 0 Å². The molecule has 0 aliphatic carbocycles. The molecule has 1 spiro atoms. The fraction of sp³-hybridized carbons (Fsp3) is 0.238. The number of ether oxygens (including phenoxy) is 1. The quantitative estimate of drug-likeness (QED) is 0.686. The van der Waals surface area contributed by atoms with Gasteiger partial charge in [-0.25, -0.2) is 4.79 Å². The highest BCUT2D eigenvalue weighted by Gasteiger charge is 2.47. The van der Waals surface area contributed by atoms with E-state index >= 15 is 0 Å². The van der Waals surface area contributed by atoms with Crippen LogP contribution in [0.2, 0.25) is 0 Å². The number of likely N-dealkylation sites (tertiary alicyclic amines) is 1. The third kappa shape index (κ3) is 2.17. The fourth-order valence-electron chi connectivity index (χ4n) is 4.15. The zero-order valence-electron chi connectivity index (χ0n) is 14.2. The molecule has 1 aromatic heterocycles. The molecule has 2 aliphatic heterocycles. The Kier molecular flexibility index (Phi) is 3.19. The molecule has 0 bridgehead atoms. The van der Waals surface area contributed by atoms with Gasteiger partial charge < -0.3 is 14.6 Å². The number of esters is 1. The van der Waals surface area contributed by atoms with Crippen LogP contribution in [-0.4, -0.2) is 34.8 Å². The van der Waals surface area contributed by atoms with Gasteiger partial charge in [0.2, 0.25) is 0 Å². The van der Waals surface area contributed by atoms with Crippen LogP contribution in [0.5, 0.6) is 0 Å². The molecule has 5 nitrogen and oxygen atoms in total. The zero-order chi connectivity index (χ0) is 17.7. The van der Waals surface area contributed by atoms with Crippen LogP contribution in [0.25, 0.3) is 10.9 Å². The van der Waals surface area contributed by atoms with Gasteiger partial charge in [-0.15, -0.1) is 0 Å². The Balaban J connectivity index is 1.37. The summed E-state index contributed by atoms with van der Waals surface area (Å²) in [6.45, 7) is 1.13. The number of fused-ring (bicyclic) bond motifs is 3. The van der Waals surface area contributed by atoms with Gasteiger partial charge in [0.1, 0.15) is 11.3 Å². The van der Waals surface area contributed by atoms with Gasteiger partial charge in [-0.3, -0.25) is 4.79 Å². The predicted octanol–water partition coefficient (Wildman–Crippen LogP) is 3.47. The summed E-state index contributed by atoms with van der Waals surface area (Å²) >= 11 is 0. The fourth-order valence-corrected chi connectivity index (χ4v) is 4.15. The standard InChI is InChI=1S/C21H18N2O3/c24-19(18-13-14-5-1-4-8-17(14)22-18)23-11-9-21(10-12-23)16-7-3-2-6-15(16)20(25)26-21/h1-8,13,22H,9-12H2. The molecular weight excluding hydrogens is 328 g/mol. The molecular formula is C21H18N2O3. The zero-order valence-corrected chi connectivity index (χ0v) is 14.2. The average Bonchev–Trinajstić information content (AvgIpc) is 3.22. The van der Waals surface area contributed by atoms with Crippen LogP contribution >= 0.6 is 0 Å². The molecule has 5 rings (SSSR count). The van der Waals surface area contributed by atoms with Gasteiger partial charge in [-0.05, 0) is 18.2 Å². The molecule has 2 aliphatic rings. The first-order valence-electron chi connectivity index (χ1n) is 8.86. The first kappa shape index (κ1) is 15.2. The number of hydrogen-bond donors (Lipinski definition) is 1. The van der Waals surface area contributed by atoms with Gasteiger partial charge in [0.25, 0.3) is 5.91 Å². The van der Waals surface area contributed by atoms with Gasteiger partial charge in [0, 0.05) is 42.4 Å². The van der Waals surface area contributed by atoms with E-state index in [0.29, 0.717) is 37.2 Å². The minimum Gasteiger partial charge on any atom is -0.450 e. The normalized spacial score (nSPS) is 18.2. The van der Waals surface area contributed by atoms with E-state index in [4.69, 9.17) is 4.74 Å². The number of nitrogens with zero attached hydrogens (tertiary/aromatic N) is 1. The van der Waals surface area contributed by atoms with E-state index < -0.39 is 5.60 Å². The van der Waals surface area contributed by atoms with Crippen molar-refractivity contribution in [2.45, 2.75) is 18.4 Å². The van der Waals surface area contributed by atoms with Crippen molar-refractivity contribution in [2.24, 2.45) is 0 Å². The van der Waals surface area contributed by atoms with E-state index in [0.717, 1.165) is 16.5 Å². The number of carbonyl (C=O) groups is 2. The predicted molar refractivity (Wildman–Crippen MR) is 97.0 cm³/mol. The van der Waals surface area contributed by atoms with Gasteiger partial charge >= 0.3 is 5.97 Å². The first-order valence-corrected chi connectivity index (χ1v) is 8.86. The van der Waals surface area contributed by atoms with Crippen molar-refractivity contribution in [3.63, 3.8) is 0 Å². The smallest absolute Gasteiger partial charge is 0.339 e. The summed E-state index contributed by atoms with van der Waals surface area (Å²) < 4.78 is 5.76. The van der Waals surface area contributed by atoms with Crippen molar-refractivity contribution in [1.82, 2.24) is 9.88 Å². The van der Waals surface area contributed by atoms with E-state index in [9.17, 15) is 9.59 Å². The van der Waals surface area contributed by atoms with Crippen LogP contribution in [0.15, 0.2) is 54.6 Å². The van der Waals surface area contributed by atoms with E-state index in [-0.39, 0.29) is 11.9 Å². The molecule has 0 saturated carbocycles. The van der Waals surface area contributed by atoms with Crippen molar-refractivity contribution >= 4 is 22.8 Å². The lowest BCUT2D eigenvalue weighted by atomic mass is 9.83. The highest BCUT2D eigenvalue weighted by molar-refractivity contribution is 5.98. The highest BCUT2D eigenvalue weighted by atomic mass is 16.6. The second-order valence-electron chi connectivity index (χ2n) is 6.99. The van der Waals surface area contributed by atoms with Gasteiger partial charge in [0.15, 0.2) is 0 Å². The second kappa shape index (κ2) is 5.46. The molecule has 0 radical (unpaired) electrons. The largest absolute Gasteiger partial charge is 0.450 e. The van der Waals surface area contributed by atoms with Gasteiger partial charge in [-0.1, -0.05) is 36.4 Å². The summed E-state index contributed by atoms with van der Waals surface area (Å²) in [5.74, 6) is -0.260. The summed E-state index contributed by atoms with van der Waals surface area (Å²) in [6, 6.07) is 17.3. The van der Waals surface area contributed by atoms with Crippen LogP contribution in [-0.2, 0) is 10.3 Å². The van der Waals surface area contributed by atoms with Crippen molar-refractivity contribution in [3.8, 4) is 0 Å². The number of amides is 1. The number of aromatic nitrogens is 1. The SMILES string of the molecule is O=C1OC2(CCN(C(=O)c3cc4ccccc4[nH]3)CC2)c2ccccc21. The first-order chi connectivity index (χ1) is 12.7. The summed E-state index contributed by atoms with van der Waals surface area (Å²) in [7, 11) is 0. The van der Waals surface area contributed by atoms with Crippen molar-refractivity contribution in [3.05, 3.63) is 71.4 Å². The highest BCUT2D eigenvalue weighted by Crippen LogP contribution is 2.44. The van der Waals surface area contributed by atoms with E-state index in [1.807, 2.05) is 59.5 Å². The summed E-state index contributed by atoms with van der Waals surface area (Å²) in [4.78, 5) is 30.1. The third-order valence-corrected chi connectivity index (χ3v) is 5.54. The number of piperidine rings is 1. The number of aromatic amines is 1. The Bertz CT molecular complexity index is 995. The maximum atomic E-state index is 12.9. The third-order valence-electron chi connectivity index (χ3n) is 5.54. The van der Waals surface area contributed by atoms with E-state index in [1.54, 1.807) is 0 Å². The van der Waals surface area contributed by atoms with Crippen LogP contribution in [0.1, 0.15) is 39.3 Å². The monoisotopic (exact) mass is 346 g/mol. The topological polar surface area (TPSA) is 62.4 Å². The maximum absolute atomic E-state index is 12.9. The molecule has 1 amide bonds. The molecule has 130 valence electrons. The molecule has 3 aromatic rings. The van der Waals surface area contributed by atoms with Crippen LogP contribution in [0.3, 0.4) is 0 Å². The molecule has 26 heavy (non-hydrogen) atoms. The summed E-state index contributed by atoms with van der Waals surface area (Å²) in [5.41, 5.74) is 2.60. The molecule has 1 fully saturated rings. The number of para-hydroxylation sites is 1. The molecule has 1 N–H and O–H groups in total. The van der Waals surface area contributed by atoms with Crippen LogP contribution < -0.4 is 0 Å². The average molecular weight is 346 g/mol.